The Labute approximate surface area is 95.9 Å². The number of nitrogens with one attached hydrogen (secondary N) is 1. The molecule has 0 fully saturated rings. The number of fused-ring (bicyclic) bond motifs is 1. The number of H-pyrrole nitrogens is 1. The lowest BCUT2D eigenvalue weighted by Crippen LogP contribution is -1.92. The maximum absolute atomic E-state index is 13.6. The van der Waals surface area contributed by atoms with E-state index in [1.807, 2.05) is 0 Å². The summed E-state index contributed by atoms with van der Waals surface area (Å²) in [6, 6.07) is 8.90. The third-order valence-corrected chi connectivity index (χ3v) is 2.62. The Morgan fingerprint density at radius 1 is 0.941 bits per heavy atom. The Balaban J connectivity index is 2.26. The lowest BCUT2D eigenvalue weighted by atomic mass is 10.1. The van der Waals surface area contributed by atoms with E-state index in [-0.39, 0.29) is 5.56 Å². The molecule has 2 aromatic heterocycles. The van der Waals surface area contributed by atoms with Crippen LogP contribution in [0.1, 0.15) is 0 Å². The number of aromatic amines is 1. The molecule has 0 bridgehead atoms. The first kappa shape index (κ1) is 9.96. The SMILES string of the molecule is Fc1cccc(F)c1-c1ccc2[nH]ccc2n1. The molecule has 4 heteroatoms. The van der Waals surface area contributed by atoms with Crippen molar-refractivity contribution in [1.82, 2.24) is 9.97 Å². The summed E-state index contributed by atoms with van der Waals surface area (Å²) in [5, 5.41) is 0. The molecule has 0 amide bonds. The van der Waals surface area contributed by atoms with Gasteiger partial charge in [0, 0.05) is 6.20 Å². The molecule has 3 aromatic rings. The van der Waals surface area contributed by atoms with Gasteiger partial charge in [-0.2, -0.15) is 0 Å². The summed E-state index contributed by atoms with van der Waals surface area (Å²) < 4.78 is 27.1. The van der Waals surface area contributed by atoms with Crippen molar-refractivity contribution in [2.45, 2.75) is 0 Å². The second-order valence-corrected chi connectivity index (χ2v) is 3.70. The number of nitrogens with zero attached hydrogens (tertiary/aromatic N) is 1. The predicted octanol–water partition coefficient (Wildman–Crippen LogP) is 3.51. The Bertz CT molecular complexity index is 668. The minimum atomic E-state index is -0.604. The average Bonchev–Trinajstić information content (AvgIpc) is 2.76. The topological polar surface area (TPSA) is 28.7 Å². The van der Waals surface area contributed by atoms with Crippen molar-refractivity contribution in [3.63, 3.8) is 0 Å². The summed E-state index contributed by atoms with van der Waals surface area (Å²) in [5.74, 6) is -1.21. The fraction of sp³-hybridized carbons (Fsp3) is 0. The van der Waals surface area contributed by atoms with Gasteiger partial charge in [0.1, 0.15) is 11.6 Å². The number of halogens is 2. The average molecular weight is 230 g/mol. The molecule has 0 radical (unpaired) electrons. The van der Waals surface area contributed by atoms with E-state index < -0.39 is 11.6 Å². The van der Waals surface area contributed by atoms with E-state index in [0.29, 0.717) is 11.2 Å². The molecule has 0 saturated heterocycles. The van der Waals surface area contributed by atoms with Gasteiger partial charge in [0.15, 0.2) is 0 Å². The molecule has 3 rings (SSSR count). The molecule has 0 aliphatic rings. The highest BCUT2D eigenvalue weighted by molar-refractivity contribution is 5.78. The molecule has 0 aliphatic heterocycles. The fourth-order valence-electron chi connectivity index (χ4n) is 1.82. The number of hydrogen-bond acceptors (Lipinski definition) is 1. The van der Waals surface area contributed by atoms with Crippen molar-refractivity contribution < 1.29 is 8.78 Å². The number of benzene rings is 1. The van der Waals surface area contributed by atoms with Crippen LogP contribution in [-0.4, -0.2) is 9.97 Å². The molecule has 84 valence electrons. The lowest BCUT2D eigenvalue weighted by molar-refractivity contribution is 0.589. The highest BCUT2D eigenvalue weighted by atomic mass is 19.1. The molecule has 1 N–H and O–H groups in total. The third kappa shape index (κ3) is 1.58. The van der Waals surface area contributed by atoms with Crippen LogP contribution in [0.3, 0.4) is 0 Å². The van der Waals surface area contributed by atoms with Crippen LogP contribution in [0.5, 0.6) is 0 Å². The summed E-state index contributed by atoms with van der Waals surface area (Å²) in [5.41, 5.74) is 1.74. The molecular formula is C13H8F2N2. The van der Waals surface area contributed by atoms with E-state index in [1.54, 1.807) is 24.4 Å². The minimum absolute atomic E-state index is 0.0874. The summed E-state index contributed by atoms with van der Waals surface area (Å²) in [6.07, 6.45) is 1.74. The number of hydrogen-bond donors (Lipinski definition) is 1. The van der Waals surface area contributed by atoms with E-state index in [1.165, 1.54) is 18.2 Å². The number of aromatic nitrogens is 2. The third-order valence-electron chi connectivity index (χ3n) is 2.62. The summed E-state index contributed by atoms with van der Waals surface area (Å²) in [7, 11) is 0. The monoisotopic (exact) mass is 230 g/mol. The van der Waals surface area contributed by atoms with Crippen LogP contribution in [0.2, 0.25) is 0 Å². The van der Waals surface area contributed by atoms with Gasteiger partial charge in [-0.15, -0.1) is 0 Å². The smallest absolute Gasteiger partial charge is 0.135 e. The molecule has 0 atom stereocenters. The van der Waals surface area contributed by atoms with Gasteiger partial charge in [0.2, 0.25) is 0 Å². The molecule has 0 spiro atoms. The molecule has 17 heavy (non-hydrogen) atoms. The van der Waals surface area contributed by atoms with Crippen molar-refractivity contribution >= 4 is 11.0 Å². The van der Waals surface area contributed by atoms with Crippen molar-refractivity contribution in [2.24, 2.45) is 0 Å². The van der Waals surface area contributed by atoms with Crippen LogP contribution in [0.4, 0.5) is 8.78 Å². The van der Waals surface area contributed by atoms with E-state index in [4.69, 9.17) is 0 Å². The van der Waals surface area contributed by atoms with Crippen LogP contribution in [0.15, 0.2) is 42.6 Å². The zero-order valence-electron chi connectivity index (χ0n) is 8.74. The van der Waals surface area contributed by atoms with Crippen molar-refractivity contribution in [3.8, 4) is 11.3 Å². The van der Waals surface area contributed by atoms with Gasteiger partial charge in [-0.1, -0.05) is 6.07 Å². The van der Waals surface area contributed by atoms with Crippen LogP contribution >= 0.6 is 0 Å². The quantitative estimate of drug-likeness (QED) is 0.680. The van der Waals surface area contributed by atoms with E-state index in [9.17, 15) is 8.78 Å². The Morgan fingerprint density at radius 2 is 1.71 bits per heavy atom. The number of pyridine rings is 1. The summed E-state index contributed by atoms with van der Waals surface area (Å²) >= 11 is 0. The lowest BCUT2D eigenvalue weighted by Gasteiger charge is -2.04. The van der Waals surface area contributed by atoms with Crippen molar-refractivity contribution in [2.75, 3.05) is 0 Å². The van der Waals surface area contributed by atoms with Crippen LogP contribution < -0.4 is 0 Å². The largest absolute Gasteiger partial charge is 0.360 e. The van der Waals surface area contributed by atoms with Crippen molar-refractivity contribution in [1.29, 1.82) is 0 Å². The Kier molecular flexibility index (Phi) is 2.14. The predicted molar refractivity (Wildman–Crippen MR) is 61.4 cm³/mol. The normalized spacial score (nSPS) is 10.9. The van der Waals surface area contributed by atoms with Gasteiger partial charge in [-0.05, 0) is 30.3 Å². The maximum Gasteiger partial charge on any atom is 0.135 e. The zero-order chi connectivity index (χ0) is 11.8. The highest BCUT2D eigenvalue weighted by Crippen LogP contribution is 2.25. The van der Waals surface area contributed by atoms with E-state index in [0.717, 1.165) is 5.52 Å². The van der Waals surface area contributed by atoms with Gasteiger partial charge >= 0.3 is 0 Å². The van der Waals surface area contributed by atoms with Gasteiger partial charge in [-0.25, -0.2) is 13.8 Å². The molecular weight excluding hydrogens is 222 g/mol. The molecule has 0 saturated carbocycles. The Morgan fingerprint density at radius 3 is 2.47 bits per heavy atom. The second kappa shape index (κ2) is 3.66. The van der Waals surface area contributed by atoms with Gasteiger partial charge in [0.25, 0.3) is 0 Å². The molecule has 2 nitrogen and oxygen atoms in total. The van der Waals surface area contributed by atoms with Gasteiger partial charge in [-0.3, -0.25) is 0 Å². The first-order valence-corrected chi connectivity index (χ1v) is 5.14. The molecule has 1 aromatic carbocycles. The van der Waals surface area contributed by atoms with E-state index >= 15 is 0 Å². The molecule has 0 unspecified atom stereocenters. The van der Waals surface area contributed by atoms with E-state index in [2.05, 4.69) is 9.97 Å². The first-order valence-electron chi connectivity index (χ1n) is 5.14. The van der Waals surface area contributed by atoms with Crippen molar-refractivity contribution in [3.05, 3.63) is 54.2 Å². The standard InChI is InChI=1S/C13H8F2N2/c14-8-2-1-3-9(15)13(8)12-5-4-10-11(17-12)6-7-16-10/h1-7,16H. The zero-order valence-corrected chi connectivity index (χ0v) is 8.74. The number of rotatable bonds is 1. The van der Waals surface area contributed by atoms with Gasteiger partial charge < -0.3 is 4.98 Å². The second-order valence-electron chi connectivity index (χ2n) is 3.70. The highest BCUT2D eigenvalue weighted by Gasteiger charge is 2.12. The molecule has 2 heterocycles. The Hall–Kier alpha value is -2.23. The summed E-state index contributed by atoms with van der Waals surface area (Å²) in [4.78, 5) is 7.19. The first-order chi connectivity index (χ1) is 8.25. The van der Waals surface area contributed by atoms with Crippen LogP contribution in [0.25, 0.3) is 22.3 Å². The fourth-order valence-corrected chi connectivity index (χ4v) is 1.82. The van der Waals surface area contributed by atoms with Crippen LogP contribution in [-0.2, 0) is 0 Å². The van der Waals surface area contributed by atoms with Gasteiger partial charge in [0.05, 0.1) is 22.3 Å². The maximum atomic E-state index is 13.6. The summed E-state index contributed by atoms with van der Waals surface area (Å²) in [6.45, 7) is 0. The van der Waals surface area contributed by atoms with Crippen LogP contribution in [0, 0.1) is 11.6 Å². The minimum Gasteiger partial charge on any atom is -0.360 e. The molecule has 0 aliphatic carbocycles.